The molecule has 0 unspecified atom stereocenters. The fraction of sp³-hybridized carbons (Fsp3) is 0.300. The standard InChI is InChI=1S/C20H20FN3O4S/c1-27-13-15-11-24(29(25,26)18-10-6-5-9-17(18)21)12-16(15)20-23-22-19(28-20)14-7-3-2-4-8-14/h2-10,15-16H,11-13H2,1H3/t15-,16+/m0/s1. The van der Waals surface area contributed by atoms with Crippen LogP contribution in [0.1, 0.15) is 11.8 Å². The fourth-order valence-electron chi connectivity index (χ4n) is 3.57. The van der Waals surface area contributed by atoms with E-state index in [2.05, 4.69) is 10.2 Å². The van der Waals surface area contributed by atoms with E-state index in [9.17, 15) is 12.8 Å². The molecule has 1 aromatic heterocycles. The summed E-state index contributed by atoms with van der Waals surface area (Å²) in [6.45, 7) is 0.607. The van der Waals surface area contributed by atoms with Gasteiger partial charge in [-0.1, -0.05) is 30.3 Å². The maximum absolute atomic E-state index is 14.1. The first-order chi connectivity index (χ1) is 14.0. The van der Waals surface area contributed by atoms with Crippen molar-refractivity contribution >= 4 is 10.0 Å². The maximum atomic E-state index is 14.1. The van der Waals surface area contributed by atoms with E-state index in [-0.39, 0.29) is 29.8 Å². The zero-order chi connectivity index (χ0) is 20.4. The molecule has 2 atom stereocenters. The van der Waals surface area contributed by atoms with E-state index in [1.165, 1.54) is 22.5 Å². The number of nitrogens with zero attached hydrogens (tertiary/aromatic N) is 3. The molecule has 0 radical (unpaired) electrons. The van der Waals surface area contributed by atoms with Crippen LogP contribution in [0.15, 0.2) is 63.9 Å². The molecule has 7 nitrogen and oxygen atoms in total. The molecule has 0 spiro atoms. The zero-order valence-electron chi connectivity index (χ0n) is 15.7. The van der Waals surface area contributed by atoms with Gasteiger partial charge in [0.2, 0.25) is 21.8 Å². The van der Waals surface area contributed by atoms with Gasteiger partial charge >= 0.3 is 0 Å². The Morgan fingerprint density at radius 1 is 1.10 bits per heavy atom. The van der Waals surface area contributed by atoms with Crippen molar-refractivity contribution in [1.82, 2.24) is 14.5 Å². The summed E-state index contributed by atoms with van der Waals surface area (Å²) >= 11 is 0. The van der Waals surface area contributed by atoms with Gasteiger partial charge < -0.3 is 9.15 Å². The molecule has 1 saturated heterocycles. The summed E-state index contributed by atoms with van der Waals surface area (Å²) in [5, 5.41) is 8.25. The van der Waals surface area contributed by atoms with Gasteiger partial charge in [-0.2, -0.15) is 4.31 Å². The molecule has 0 saturated carbocycles. The number of halogens is 1. The van der Waals surface area contributed by atoms with Gasteiger partial charge in [-0.15, -0.1) is 10.2 Å². The molecule has 1 aliphatic heterocycles. The van der Waals surface area contributed by atoms with Gasteiger partial charge in [0.25, 0.3) is 0 Å². The highest BCUT2D eigenvalue weighted by Gasteiger charge is 2.43. The predicted molar refractivity (Wildman–Crippen MR) is 103 cm³/mol. The van der Waals surface area contributed by atoms with Crippen molar-refractivity contribution in [2.24, 2.45) is 5.92 Å². The molecule has 0 N–H and O–H groups in total. The van der Waals surface area contributed by atoms with Gasteiger partial charge in [0.15, 0.2) is 0 Å². The van der Waals surface area contributed by atoms with Crippen LogP contribution in [0.5, 0.6) is 0 Å². The Bertz CT molecular complexity index is 1090. The quantitative estimate of drug-likeness (QED) is 0.613. The van der Waals surface area contributed by atoms with E-state index in [0.717, 1.165) is 11.6 Å². The highest BCUT2D eigenvalue weighted by Crippen LogP contribution is 2.36. The smallest absolute Gasteiger partial charge is 0.247 e. The third-order valence-corrected chi connectivity index (χ3v) is 6.89. The van der Waals surface area contributed by atoms with Gasteiger partial charge in [0, 0.05) is 31.7 Å². The lowest BCUT2D eigenvalue weighted by atomic mass is 9.97. The second kappa shape index (κ2) is 8.02. The molecule has 0 aliphatic carbocycles. The molecule has 4 rings (SSSR count). The SMILES string of the molecule is COC[C@@H]1CN(S(=O)(=O)c2ccccc2F)C[C@H]1c1nnc(-c2ccccc2)o1. The van der Waals surface area contributed by atoms with Crippen molar-refractivity contribution in [2.45, 2.75) is 10.8 Å². The predicted octanol–water partition coefficient (Wildman–Crippen LogP) is 2.93. The van der Waals surface area contributed by atoms with Gasteiger partial charge in [0.1, 0.15) is 10.7 Å². The first-order valence-corrected chi connectivity index (χ1v) is 10.6. The molecule has 3 aromatic rings. The lowest BCUT2D eigenvalue weighted by Crippen LogP contribution is -2.30. The second-order valence-corrected chi connectivity index (χ2v) is 8.79. The zero-order valence-corrected chi connectivity index (χ0v) is 16.5. The first kappa shape index (κ1) is 19.7. The minimum absolute atomic E-state index is 0.112. The van der Waals surface area contributed by atoms with E-state index in [4.69, 9.17) is 9.15 Å². The summed E-state index contributed by atoms with van der Waals surface area (Å²) in [7, 11) is -2.44. The van der Waals surface area contributed by atoms with Crippen LogP contribution < -0.4 is 0 Å². The lowest BCUT2D eigenvalue weighted by molar-refractivity contribution is 0.147. The van der Waals surface area contributed by atoms with E-state index in [1.54, 1.807) is 7.11 Å². The Balaban J connectivity index is 1.63. The van der Waals surface area contributed by atoms with Gasteiger partial charge in [-0.05, 0) is 24.3 Å². The van der Waals surface area contributed by atoms with Crippen LogP contribution in [0.2, 0.25) is 0 Å². The molecule has 9 heteroatoms. The van der Waals surface area contributed by atoms with E-state index >= 15 is 0 Å². The number of benzene rings is 2. The molecule has 29 heavy (non-hydrogen) atoms. The average Bonchev–Trinajstić information content (AvgIpc) is 3.37. The van der Waals surface area contributed by atoms with Crippen molar-refractivity contribution < 1.29 is 22.0 Å². The fourth-order valence-corrected chi connectivity index (χ4v) is 5.15. The monoisotopic (exact) mass is 417 g/mol. The van der Waals surface area contributed by atoms with Crippen molar-refractivity contribution in [3.63, 3.8) is 0 Å². The van der Waals surface area contributed by atoms with Gasteiger partial charge in [-0.25, -0.2) is 12.8 Å². The molecule has 2 aromatic carbocycles. The van der Waals surface area contributed by atoms with Crippen LogP contribution in [-0.2, 0) is 14.8 Å². The Morgan fingerprint density at radius 3 is 2.55 bits per heavy atom. The van der Waals surface area contributed by atoms with Crippen molar-refractivity contribution in [1.29, 1.82) is 0 Å². The van der Waals surface area contributed by atoms with Crippen molar-refractivity contribution in [3.8, 4) is 11.5 Å². The largest absolute Gasteiger partial charge is 0.420 e. The summed E-state index contributed by atoms with van der Waals surface area (Å²) < 4.78 is 52.5. The Labute approximate surface area is 168 Å². The Morgan fingerprint density at radius 2 is 1.83 bits per heavy atom. The summed E-state index contributed by atoms with van der Waals surface area (Å²) in [6.07, 6.45) is 0. The third-order valence-electron chi connectivity index (χ3n) is 5.02. The van der Waals surface area contributed by atoms with Crippen LogP contribution in [0.3, 0.4) is 0 Å². The number of hydrogen-bond donors (Lipinski definition) is 0. The number of rotatable bonds is 6. The summed E-state index contributed by atoms with van der Waals surface area (Å²) in [6, 6.07) is 14.7. The average molecular weight is 417 g/mol. The molecule has 0 bridgehead atoms. The van der Waals surface area contributed by atoms with E-state index in [1.807, 2.05) is 30.3 Å². The number of methoxy groups -OCH3 is 1. The maximum Gasteiger partial charge on any atom is 0.247 e. The van der Waals surface area contributed by atoms with Crippen LogP contribution in [0, 0.1) is 11.7 Å². The van der Waals surface area contributed by atoms with E-state index in [0.29, 0.717) is 18.4 Å². The van der Waals surface area contributed by atoms with Crippen LogP contribution in [0.25, 0.3) is 11.5 Å². The minimum atomic E-state index is -3.99. The van der Waals surface area contributed by atoms with Gasteiger partial charge in [-0.3, -0.25) is 0 Å². The van der Waals surface area contributed by atoms with Gasteiger partial charge in [0.05, 0.1) is 12.5 Å². The summed E-state index contributed by atoms with van der Waals surface area (Å²) in [5.74, 6) is -0.597. The van der Waals surface area contributed by atoms with Crippen molar-refractivity contribution in [3.05, 3.63) is 66.3 Å². The molecule has 1 fully saturated rings. The van der Waals surface area contributed by atoms with Crippen LogP contribution >= 0.6 is 0 Å². The first-order valence-electron chi connectivity index (χ1n) is 9.13. The second-order valence-electron chi connectivity index (χ2n) is 6.89. The number of ether oxygens (including phenoxy) is 1. The van der Waals surface area contributed by atoms with Crippen molar-refractivity contribution in [2.75, 3.05) is 26.8 Å². The van der Waals surface area contributed by atoms with Crippen LogP contribution in [-0.4, -0.2) is 49.7 Å². The third kappa shape index (κ3) is 3.81. The topological polar surface area (TPSA) is 85.5 Å². The molecule has 2 heterocycles. The molecular weight excluding hydrogens is 397 g/mol. The summed E-state index contributed by atoms with van der Waals surface area (Å²) in [4.78, 5) is -0.340. The highest BCUT2D eigenvalue weighted by molar-refractivity contribution is 7.89. The molecular formula is C20H20FN3O4S. The Kier molecular flexibility index (Phi) is 5.44. The summed E-state index contributed by atoms with van der Waals surface area (Å²) in [5.41, 5.74) is 0.781. The number of hydrogen-bond acceptors (Lipinski definition) is 6. The van der Waals surface area contributed by atoms with E-state index < -0.39 is 15.8 Å². The normalized spacial score (nSPS) is 20.2. The number of sulfonamides is 1. The Hall–Kier alpha value is -2.62. The number of aromatic nitrogens is 2. The lowest BCUT2D eigenvalue weighted by Gasteiger charge is -2.16. The molecule has 152 valence electrons. The molecule has 1 aliphatic rings. The molecule has 0 amide bonds. The highest BCUT2D eigenvalue weighted by atomic mass is 32.2. The van der Waals surface area contributed by atoms with Crippen LogP contribution in [0.4, 0.5) is 4.39 Å². The minimum Gasteiger partial charge on any atom is -0.420 e.